The second-order valence-corrected chi connectivity index (χ2v) is 10.1. The van der Waals surface area contributed by atoms with Crippen LogP contribution in [0.2, 0.25) is 10.0 Å². The minimum Gasteiger partial charge on any atom is -0.338 e. The predicted octanol–water partition coefficient (Wildman–Crippen LogP) is 9.55. The SMILES string of the molecule is Clc1ccc2[nH]c(-c3ccc(N(c4ccccc4)c4ccc(-c5nc6ccc(Cl)cc6[nH]5)cc4)cc3)nc2c1. The molecule has 5 nitrogen and oxygen atoms in total. The van der Waals surface area contributed by atoms with Gasteiger partial charge >= 0.3 is 0 Å². The molecule has 0 aliphatic heterocycles. The summed E-state index contributed by atoms with van der Waals surface area (Å²) < 4.78 is 0. The van der Waals surface area contributed by atoms with Crippen molar-refractivity contribution in [3.05, 3.63) is 125 Å². The number of halogens is 2. The number of hydrogen-bond acceptors (Lipinski definition) is 3. The number of hydrogen-bond donors (Lipinski definition) is 2. The van der Waals surface area contributed by atoms with Crippen LogP contribution in [0.3, 0.4) is 0 Å². The maximum Gasteiger partial charge on any atom is 0.138 e. The van der Waals surface area contributed by atoms with Crippen LogP contribution >= 0.6 is 23.2 Å². The number of imidazole rings is 2. The van der Waals surface area contributed by atoms with Gasteiger partial charge in [0.2, 0.25) is 0 Å². The Bertz CT molecular complexity index is 1800. The van der Waals surface area contributed by atoms with Crippen LogP contribution in [0.5, 0.6) is 0 Å². The number of benzene rings is 5. The third-order valence-electron chi connectivity index (χ3n) is 6.70. The molecule has 7 heteroatoms. The van der Waals surface area contributed by atoms with E-state index >= 15 is 0 Å². The van der Waals surface area contributed by atoms with Gasteiger partial charge in [0.05, 0.1) is 22.1 Å². The quantitative estimate of drug-likeness (QED) is 0.226. The predicted molar refractivity (Wildman–Crippen MR) is 161 cm³/mol. The zero-order chi connectivity index (χ0) is 26.3. The second-order valence-electron chi connectivity index (χ2n) is 9.26. The topological polar surface area (TPSA) is 60.6 Å². The molecule has 0 spiro atoms. The van der Waals surface area contributed by atoms with E-state index in [2.05, 4.69) is 75.5 Å². The van der Waals surface area contributed by atoms with Gasteiger partial charge in [-0.05, 0) is 97.1 Å². The number of rotatable bonds is 5. The molecule has 0 unspecified atom stereocenters. The van der Waals surface area contributed by atoms with E-state index in [1.807, 2.05) is 54.6 Å². The number of anilines is 3. The molecule has 0 saturated carbocycles. The molecule has 0 aliphatic rings. The summed E-state index contributed by atoms with van der Waals surface area (Å²) in [5.41, 5.74) is 8.74. The maximum absolute atomic E-state index is 6.15. The molecule has 0 amide bonds. The fraction of sp³-hybridized carbons (Fsp3) is 0. The van der Waals surface area contributed by atoms with Crippen LogP contribution < -0.4 is 4.90 Å². The molecule has 39 heavy (non-hydrogen) atoms. The van der Waals surface area contributed by atoms with E-state index in [9.17, 15) is 0 Å². The Kier molecular flexibility index (Phi) is 5.81. The number of H-pyrrole nitrogens is 2. The van der Waals surface area contributed by atoms with E-state index in [-0.39, 0.29) is 0 Å². The van der Waals surface area contributed by atoms with Crippen molar-refractivity contribution in [2.45, 2.75) is 0 Å². The van der Waals surface area contributed by atoms with Gasteiger partial charge in [-0.3, -0.25) is 0 Å². The highest BCUT2D eigenvalue weighted by molar-refractivity contribution is 6.31. The van der Waals surface area contributed by atoms with Gasteiger partial charge in [0.15, 0.2) is 0 Å². The first-order valence-electron chi connectivity index (χ1n) is 12.5. The molecule has 2 N–H and O–H groups in total. The molecule has 188 valence electrons. The summed E-state index contributed by atoms with van der Waals surface area (Å²) in [6, 6.07) is 38.4. The van der Waals surface area contributed by atoms with Crippen LogP contribution in [-0.4, -0.2) is 19.9 Å². The van der Waals surface area contributed by atoms with Crippen molar-refractivity contribution in [1.82, 2.24) is 19.9 Å². The summed E-state index contributed by atoms with van der Waals surface area (Å²) in [6.07, 6.45) is 0. The second kappa shape index (κ2) is 9.62. The standard InChI is InChI=1S/C32H21Cl2N5/c33-22-10-16-27-29(18-22)37-31(35-27)20-6-12-25(13-7-20)39(24-4-2-1-3-5-24)26-14-8-21(9-15-26)32-36-28-17-11-23(34)19-30(28)38-32/h1-19H,(H,35,37)(H,36,38). The van der Waals surface area contributed by atoms with Crippen molar-refractivity contribution < 1.29 is 0 Å². The van der Waals surface area contributed by atoms with Crippen LogP contribution in [0.1, 0.15) is 0 Å². The smallest absolute Gasteiger partial charge is 0.138 e. The lowest BCUT2D eigenvalue weighted by molar-refractivity contribution is 1.27. The van der Waals surface area contributed by atoms with Crippen LogP contribution in [0, 0.1) is 0 Å². The van der Waals surface area contributed by atoms with E-state index in [0.29, 0.717) is 10.0 Å². The number of para-hydroxylation sites is 1. The Hall–Kier alpha value is -4.58. The van der Waals surface area contributed by atoms with Crippen molar-refractivity contribution in [2.75, 3.05) is 4.90 Å². The first-order chi connectivity index (χ1) is 19.1. The van der Waals surface area contributed by atoms with Gasteiger partial charge in [0.25, 0.3) is 0 Å². The van der Waals surface area contributed by atoms with E-state index in [4.69, 9.17) is 33.2 Å². The average Bonchev–Trinajstić information content (AvgIpc) is 3.58. The first kappa shape index (κ1) is 23.5. The minimum atomic E-state index is 0.671. The van der Waals surface area contributed by atoms with E-state index in [1.165, 1.54) is 0 Å². The molecular weight excluding hydrogens is 525 g/mol. The average molecular weight is 546 g/mol. The van der Waals surface area contributed by atoms with Crippen molar-refractivity contribution in [1.29, 1.82) is 0 Å². The number of fused-ring (bicyclic) bond motifs is 2. The van der Waals surface area contributed by atoms with Gasteiger partial charge in [0.1, 0.15) is 11.6 Å². The normalized spacial score (nSPS) is 11.3. The zero-order valence-corrected chi connectivity index (χ0v) is 22.1. The minimum absolute atomic E-state index is 0.671. The Labute approximate surface area is 234 Å². The van der Waals surface area contributed by atoms with Crippen LogP contribution in [-0.2, 0) is 0 Å². The Morgan fingerprint density at radius 3 is 1.69 bits per heavy atom. The van der Waals surface area contributed by atoms with Crippen LogP contribution in [0.15, 0.2) is 115 Å². The lowest BCUT2D eigenvalue weighted by Crippen LogP contribution is -2.09. The van der Waals surface area contributed by atoms with Crippen LogP contribution in [0.4, 0.5) is 17.1 Å². The van der Waals surface area contributed by atoms with E-state index < -0.39 is 0 Å². The number of nitrogens with zero attached hydrogens (tertiary/aromatic N) is 3. The zero-order valence-electron chi connectivity index (χ0n) is 20.6. The fourth-order valence-electron chi connectivity index (χ4n) is 4.80. The molecule has 0 bridgehead atoms. The highest BCUT2D eigenvalue weighted by Crippen LogP contribution is 2.36. The fourth-order valence-corrected chi connectivity index (χ4v) is 5.13. The molecule has 5 aromatic carbocycles. The molecular formula is C32H21Cl2N5. The maximum atomic E-state index is 6.15. The summed E-state index contributed by atoms with van der Waals surface area (Å²) in [6.45, 7) is 0. The van der Waals surface area contributed by atoms with Crippen LogP contribution in [0.25, 0.3) is 44.8 Å². The van der Waals surface area contributed by atoms with E-state index in [1.54, 1.807) is 0 Å². The number of aromatic amines is 2. The van der Waals surface area contributed by atoms with Gasteiger partial charge in [-0.15, -0.1) is 0 Å². The highest BCUT2D eigenvalue weighted by atomic mass is 35.5. The highest BCUT2D eigenvalue weighted by Gasteiger charge is 2.14. The molecule has 0 saturated heterocycles. The lowest BCUT2D eigenvalue weighted by Gasteiger charge is -2.25. The molecule has 7 rings (SSSR count). The summed E-state index contributed by atoms with van der Waals surface area (Å²) in [4.78, 5) is 18.4. The molecule has 2 aromatic heterocycles. The van der Waals surface area contributed by atoms with Crippen molar-refractivity contribution >= 4 is 62.3 Å². The van der Waals surface area contributed by atoms with Crippen molar-refractivity contribution in [2.24, 2.45) is 0 Å². The van der Waals surface area contributed by atoms with Gasteiger partial charge in [-0.25, -0.2) is 9.97 Å². The largest absolute Gasteiger partial charge is 0.338 e. The third kappa shape index (κ3) is 4.52. The molecule has 0 atom stereocenters. The molecule has 2 heterocycles. The van der Waals surface area contributed by atoms with E-state index in [0.717, 1.165) is 61.9 Å². The van der Waals surface area contributed by atoms with Crippen molar-refractivity contribution in [3.8, 4) is 22.8 Å². The Morgan fingerprint density at radius 1 is 0.487 bits per heavy atom. The lowest BCUT2D eigenvalue weighted by atomic mass is 10.1. The van der Waals surface area contributed by atoms with Gasteiger partial charge in [0, 0.05) is 38.2 Å². The summed E-state index contributed by atoms with van der Waals surface area (Å²) >= 11 is 12.3. The van der Waals surface area contributed by atoms with Gasteiger partial charge in [-0.2, -0.15) is 0 Å². The molecule has 0 fully saturated rings. The number of aromatic nitrogens is 4. The molecule has 0 aliphatic carbocycles. The van der Waals surface area contributed by atoms with Crippen molar-refractivity contribution in [3.63, 3.8) is 0 Å². The Balaban J connectivity index is 1.23. The first-order valence-corrected chi connectivity index (χ1v) is 13.2. The summed E-state index contributed by atoms with van der Waals surface area (Å²) in [5.74, 6) is 1.61. The third-order valence-corrected chi connectivity index (χ3v) is 7.17. The summed E-state index contributed by atoms with van der Waals surface area (Å²) in [5, 5.41) is 1.35. The Morgan fingerprint density at radius 2 is 1.03 bits per heavy atom. The number of nitrogens with one attached hydrogen (secondary N) is 2. The molecule has 0 radical (unpaired) electrons. The molecule has 7 aromatic rings. The van der Waals surface area contributed by atoms with Gasteiger partial charge < -0.3 is 14.9 Å². The van der Waals surface area contributed by atoms with Gasteiger partial charge in [-0.1, -0.05) is 41.4 Å². The monoisotopic (exact) mass is 545 g/mol. The summed E-state index contributed by atoms with van der Waals surface area (Å²) in [7, 11) is 0.